The third kappa shape index (κ3) is 7.45. The van der Waals surface area contributed by atoms with Crippen molar-refractivity contribution in [2.45, 2.75) is 30.9 Å². The first-order valence-corrected chi connectivity index (χ1v) is 11.0. The largest absolute Gasteiger partial charge is 0.573 e. The Morgan fingerprint density at radius 1 is 0.775 bits per heavy atom. The molecule has 3 aromatic carbocycles. The van der Waals surface area contributed by atoms with Crippen molar-refractivity contribution in [2.75, 3.05) is 0 Å². The van der Waals surface area contributed by atoms with Gasteiger partial charge in [0.05, 0.1) is 11.1 Å². The molecule has 0 radical (unpaired) electrons. The number of benzene rings is 3. The van der Waals surface area contributed by atoms with Crippen molar-refractivity contribution in [1.29, 1.82) is 0 Å². The van der Waals surface area contributed by atoms with Crippen LogP contribution in [0.2, 0.25) is 0 Å². The first-order valence-electron chi connectivity index (χ1n) is 11.0. The van der Waals surface area contributed by atoms with Crippen molar-refractivity contribution < 1.29 is 58.2 Å². The van der Waals surface area contributed by atoms with E-state index in [1.54, 1.807) is 0 Å². The Labute approximate surface area is 219 Å². The molecule has 0 saturated heterocycles. The van der Waals surface area contributed by atoms with Crippen LogP contribution in [-0.4, -0.2) is 18.6 Å². The molecular weight excluding hydrogens is 564 g/mol. The van der Waals surface area contributed by atoms with Gasteiger partial charge in [0, 0.05) is 5.56 Å². The SMILES string of the molecule is C=CCC(NC(=O)c1ccc(F)c(C(F)(F)F)c1)(c1cccc(OC(F)(F)F)c1)c1cccc(OC(F)(F)F)c1. The normalized spacial score (nSPS) is 12.6. The lowest BCUT2D eigenvalue weighted by Gasteiger charge is -2.36. The Morgan fingerprint density at radius 3 is 1.70 bits per heavy atom. The molecule has 0 saturated carbocycles. The highest BCUT2D eigenvalue weighted by atomic mass is 19.4. The van der Waals surface area contributed by atoms with Gasteiger partial charge in [-0.3, -0.25) is 4.79 Å². The van der Waals surface area contributed by atoms with E-state index in [2.05, 4.69) is 21.4 Å². The zero-order valence-electron chi connectivity index (χ0n) is 19.8. The van der Waals surface area contributed by atoms with Gasteiger partial charge in [0.15, 0.2) is 0 Å². The Morgan fingerprint density at radius 2 is 1.27 bits per heavy atom. The summed E-state index contributed by atoms with van der Waals surface area (Å²) >= 11 is 0. The number of hydrogen-bond donors (Lipinski definition) is 1. The van der Waals surface area contributed by atoms with E-state index in [-0.39, 0.29) is 17.2 Å². The van der Waals surface area contributed by atoms with E-state index < -0.39 is 65.2 Å². The number of carbonyl (C=O) groups is 1. The number of amides is 1. The molecule has 0 heterocycles. The fourth-order valence-corrected chi connectivity index (χ4v) is 3.88. The molecule has 214 valence electrons. The molecule has 0 bridgehead atoms. The number of ether oxygens (including phenoxy) is 2. The van der Waals surface area contributed by atoms with Crippen LogP contribution in [-0.2, 0) is 11.7 Å². The molecule has 0 atom stereocenters. The van der Waals surface area contributed by atoms with Crippen LogP contribution in [0.4, 0.5) is 43.9 Å². The molecule has 14 heteroatoms. The van der Waals surface area contributed by atoms with Gasteiger partial charge in [-0.1, -0.05) is 30.3 Å². The van der Waals surface area contributed by atoms with Crippen LogP contribution in [0.25, 0.3) is 0 Å². The number of hydrogen-bond acceptors (Lipinski definition) is 3. The first kappa shape index (κ1) is 30.3. The van der Waals surface area contributed by atoms with Crippen molar-refractivity contribution in [3.63, 3.8) is 0 Å². The van der Waals surface area contributed by atoms with Gasteiger partial charge in [0.2, 0.25) is 0 Å². The first-order chi connectivity index (χ1) is 18.4. The van der Waals surface area contributed by atoms with Crippen molar-refractivity contribution in [2.24, 2.45) is 0 Å². The van der Waals surface area contributed by atoms with Crippen LogP contribution >= 0.6 is 0 Å². The predicted octanol–water partition coefficient (Wildman–Crippen LogP) is 7.89. The van der Waals surface area contributed by atoms with Crippen molar-refractivity contribution in [3.8, 4) is 11.5 Å². The molecule has 0 unspecified atom stereocenters. The minimum absolute atomic E-state index is 0.176. The van der Waals surface area contributed by atoms with Gasteiger partial charge in [-0.05, 0) is 60.0 Å². The van der Waals surface area contributed by atoms with Gasteiger partial charge in [0.1, 0.15) is 17.3 Å². The van der Waals surface area contributed by atoms with E-state index in [1.165, 1.54) is 18.2 Å². The zero-order chi connectivity index (χ0) is 29.9. The summed E-state index contributed by atoms with van der Waals surface area (Å²) in [7, 11) is 0. The summed E-state index contributed by atoms with van der Waals surface area (Å²) in [5.74, 6) is -4.47. The van der Waals surface area contributed by atoms with Gasteiger partial charge in [-0.2, -0.15) is 13.2 Å². The van der Waals surface area contributed by atoms with Gasteiger partial charge in [0.25, 0.3) is 5.91 Å². The molecule has 0 aliphatic rings. The molecule has 4 nitrogen and oxygen atoms in total. The molecule has 1 amide bonds. The maximum atomic E-state index is 13.8. The van der Waals surface area contributed by atoms with Crippen LogP contribution in [0.1, 0.15) is 33.5 Å². The van der Waals surface area contributed by atoms with Gasteiger partial charge >= 0.3 is 18.9 Å². The summed E-state index contributed by atoms with van der Waals surface area (Å²) in [6.07, 6.45) is -14.7. The highest BCUT2D eigenvalue weighted by Gasteiger charge is 2.39. The fourth-order valence-electron chi connectivity index (χ4n) is 3.88. The number of carbonyl (C=O) groups excluding carboxylic acids is 1. The minimum atomic E-state index is -5.18. The Balaban J connectivity index is 2.22. The van der Waals surface area contributed by atoms with E-state index in [0.717, 1.165) is 42.5 Å². The van der Waals surface area contributed by atoms with Crippen molar-refractivity contribution in [1.82, 2.24) is 5.32 Å². The zero-order valence-corrected chi connectivity index (χ0v) is 19.8. The summed E-state index contributed by atoms with van der Waals surface area (Å²) in [6.45, 7) is 3.53. The standard InChI is InChI=1S/C26H17F10NO3/c1-2-11-23(16-5-3-7-18(13-16)39-25(31,32)33,17-6-4-8-19(14-17)40-26(34,35)36)37-22(38)15-9-10-21(27)20(12-15)24(28,29)30/h2-10,12-14H,1,11H2,(H,37,38). The molecule has 40 heavy (non-hydrogen) atoms. The lowest BCUT2D eigenvalue weighted by Crippen LogP contribution is -2.46. The lowest BCUT2D eigenvalue weighted by atomic mass is 9.79. The molecule has 0 aliphatic carbocycles. The summed E-state index contributed by atoms with van der Waals surface area (Å²) in [6, 6.07) is 9.43. The molecule has 1 N–H and O–H groups in total. The number of nitrogens with one attached hydrogen (secondary N) is 1. The van der Waals surface area contributed by atoms with Crippen LogP contribution in [0, 0.1) is 5.82 Å². The fraction of sp³-hybridized carbons (Fsp3) is 0.192. The number of halogens is 10. The summed E-state index contributed by atoms with van der Waals surface area (Å²) < 4.78 is 139. The topological polar surface area (TPSA) is 47.6 Å². The Kier molecular flexibility index (Phi) is 8.41. The molecular formula is C26H17F10NO3. The molecule has 3 aromatic rings. The average molecular weight is 581 g/mol. The summed E-state index contributed by atoms with van der Waals surface area (Å²) in [4.78, 5) is 13.2. The number of rotatable bonds is 8. The predicted molar refractivity (Wildman–Crippen MR) is 121 cm³/mol. The smallest absolute Gasteiger partial charge is 0.406 e. The molecule has 0 aliphatic heterocycles. The van der Waals surface area contributed by atoms with Crippen LogP contribution < -0.4 is 14.8 Å². The summed E-state index contributed by atoms with van der Waals surface area (Å²) in [5.41, 5.74) is -4.85. The molecule has 0 aromatic heterocycles. The Hall–Kier alpha value is -4.23. The van der Waals surface area contributed by atoms with E-state index in [1.807, 2.05) is 0 Å². The highest BCUT2D eigenvalue weighted by Crippen LogP contribution is 2.39. The minimum Gasteiger partial charge on any atom is -0.406 e. The van der Waals surface area contributed by atoms with Gasteiger partial charge in [-0.25, -0.2) is 4.39 Å². The Bertz CT molecular complexity index is 1320. The second-order valence-electron chi connectivity index (χ2n) is 8.20. The molecule has 3 rings (SSSR count). The monoisotopic (exact) mass is 581 g/mol. The van der Waals surface area contributed by atoms with E-state index in [9.17, 15) is 48.7 Å². The third-order valence-electron chi connectivity index (χ3n) is 5.43. The van der Waals surface area contributed by atoms with Crippen molar-refractivity contribution >= 4 is 5.91 Å². The lowest BCUT2D eigenvalue weighted by molar-refractivity contribution is -0.275. The maximum absolute atomic E-state index is 13.8. The highest BCUT2D eigenvalue weighted by molar-refractivity contribution is 5.95. The third-order valence-corrected chi connectivity index (χ3v) is 5.43. The molecule has 0 spiro atoms. The van der Waals surface area contributed by atoms with E-state index in [0.29, 0.717) is 6.07 Å². The maximum Gasteiger partial charge on any atom is 0.573 e. The average Bonchev–Trinajstić information content (AvgIpc) is 2.81. The van der Waals surface area contributed by atoms with E-state index in [4.69, 9.17) is 0 Å². The van der Waals surface area contributed by atoms with Crippen LogP contribution in [0.15, 0.2) is 79.4 Å². The second kappa shape index (κ2) is 11.1. The van der Waals surface area contributed by atoms with Gasteiger partial charge < -0.3 is 14.8 Å². The number of alkyl halides is 9. The van der Waals surface area contributed by atoms with Crippen LogP contribution in [0.5, 0.6) is 11.5 Å². The second-order valence-corrected chi connectivity index (χ2v) is 8.20. The molecule has 0 fully saturated rings. The quantitative estimate of drug-likeness (QED) is 0.218. The van der Waals surface area contributed by atoms with Gasteiger partial charge in [-0.15, -0.1) is 32.9 Å². The van der Waals surface area contributed by atoms with Crippen molar-refractivity contribution in [3.05, 3.63) is 107 Å². The van der Waals surface area contributed by atoms with E-state index >= 15 is 0 Å². The summed E-state index contributed by atoms with van der Waals surface area (Å²) in [5, 5.41) is 2.38. The van der Waals surface area contributed by atoms with Crippen LogP contribution in [0.3, 0.4) is 0 Å².